The van der Waals surface area contributed by atoms with Crippen LogP contribution in [0.3, 0.4) is 0 Å². The second-order valence-electron chi connectivity index (χ2n) is 6.36. The number of nitrogens with zero attached hydrogens (tertiary/aromatic N) is 2. The molecule has 142 valence electrons. The SMILES string of the molecule is O=C(N[C@@H](CO)c1nc(C2=Cc3cc(F)ccc3C2)no1)c1ccc(F)cc1. The molecule has 0 saturated heterocycles. The molecule has 6 nitrogen and oxygen atoms in total. The van der Waals surface area contributed by atoms with Gasteiger partial charge in [-0.05, 0) is 53.6 Å². The fraction of sp³-hybridized carbons (Fsp3) is 0.150. The fourth-order valence-electron chi connectivity index (χ4n) is 2.98. The number of nitrogens with one attached hydrogen (secondary N) is 1. The van der Waals surface area contributed by atoms with Crippen LogP contribution in [-0.2, 0) is 6.42 Å². The van der Waals surface area contributed by atoms with Crippen LogP contribution in [0.25, 0.3) is 11.6 Å². The van der Waals surface area contributed by atoms with Gasteiger partial charge in [-0.25, -0.2) is 8.78 Å². The molecular formula is C20H15F2N3O3. The molecule has 0 saturated carbocycles. The van der Waals surface area contributed by atoms with Crippen molar-refractivity contribution in [3.63, 3.8) is 0 Å². The van der Waals surface area contributed by atoms with Gasteiger partial charge in [0, 0.05) is 17.6 Å². The van der Waals surface area contributed by atoms with Crippen LogP contribution in [0, 0.1) is 11.6 Å². The van der Waals surface area contributed by atoms with Gasteiger partial charge in [0.1, 0.15) is 17.7 Å². The highest BCUT2D eigenvalue weighted by Crippen LogP contribution is 2.31. The molecule has 0 fully saturated rings. The number of rotatable bonds is 5. The van der Waals surface area contributed by atoms with Crippen LogP contribution >= 0.6 is 0 Å². The third-order valence-electron chi connectivity index (χ3n) is 4.44. The molecule has 1 amide bonds. The van der Waals surface area contributed by atoms with Gasteiger partial charge in [0.05, 0.1) is 6.61 Å². The molecule has 1 aliphatic carbocycles. The minimum absolute atomic E-state index is 0.0380. The molecule has 0 radical (unpaired) electrons. The minimum Gasteiger partial charge on any atom is -0.394 e. The predicted molar refractivity (Wildman–Crippen MR) is 96.0 cm³/mol. The standard InChI is InChI=1S/C20H15F2N3O3/c21-15-4-1-11(2-5-15)19(27)23-17(10-26)20-24-18(25-28-20)14-7-12-3-6-16(22)9-13(12)8-14/h1-6,8-9,17,26H,7,10H2,(H,23,27)/t17-/m0/s1. The van der Waals surface area contributed by atoms with Crippen LogP contribution in [0.15, 0.2) is 47.0 Å². The van der Waals surface area contributed by atoms with Crippen molar-refractivity contribution in [2.45, 2.75) is 12.5 Å². The molecule has 4 rings (SSSR count). The Labute approximate surface area is 158 Å². The molecule has 0 aliphatic heterocycles. The molecule has 2 N–H and O–H groups in total. The number of allylic oxidation sites excluding steroid dienone is 1. The summed E-state index contributed by atoms with van der Waals surface area (Å²) in [5.74, 6) is -0.949. The highest BCUT2D eigenvalue weighted by Gasteiger charge is 2.24. The van der Waals surface area contributed by atoms with Crippen molar-refractivity contribution in [3.8, 4) is 0 Å². The Morgan fingerprint density at radius 2 is 1.93 bits per heavy atom. The average Bonchev–Trinajstić information content (AvgIpc) is 3.33. The monoisotopic (exact) mass is 383 g/mol. The summed E-state index contributed by atoms with van der Waals surface area (Å²) in [7, 11) is 0. The zero-order chi connectivity index (χ0) is 19.7. The number of halogens is 2. The summed E-state index contributed by atoms with van der Waals surface area (Å²) >= 11 is 0. The van der Waals surface area contributed by atoms with Gasteiger partial charge in [-0.15, -0.1) is 0 Å². The molecule has 1 aliphatic rings. The van der Waals surface area contributed by atoms with Crippen molar-refractivity contribution in [1.82, 2.24) is 15.5 Å². The number of benzene rings is 2. The average molecular weight is 383 g/mol. The van der Waals surface area contributed by atoms with Crippen molar-refractivity contribution in [1.29, 1.82) is 0 Å². The van der Waals surface area contributed by atoms with E-state index in [0.29, 0.717) is 12.2 Å². The van der Waals surface area contributed by atoms with Crippen molar-refractivity contribution < 1.29 is 23.2 Å². The lowest BCUT2D eigenvalue weighted by atomic mass is 10.1. The fourth-order valence-corrected chi connectivity index (χ4v) is 2.98. The van der Waals surface area contributed by atoms with Crippen molar-refractivity contribution in [2.24, 2.45) is 0 Å². The quantitative estimate of drug-likeness (QED) is 0.707. The number of aliphatic hydroxyl groups excluding tert-OH is 1. The van der Waals surface area contributed by atoms with E-state index >= 15 is 0 Å². The number of hydrogen-bond donors (Lipinski definition) is 2. The van der Waals surface area contributed by atoms with Crippen LogP contribution < -0.4 is 5.32 Å². The Hall–Kier alpha value is -3.39. The molecule has 0 unspecified atom stereocenters. The normalized spacial score (nSPS) is 13.8. The highest BCUT2D eigenvalue weighted by molar-refractivity contribution is 5.94. The van der Waals surface area contributed by atoms with E-state index in [4.69, 9.17) is 4.52 Å². The van der Waals surface area contributed by atoms with E-state index in [1.807, 2.05) is 0 Å². The maximum absolute atomic E-state index is 13.4. The molecule has 8 heteroatoms. The van der Waals surface area contributed by atoms with Crippen LogP contribution in [-0.4, -0.2) is 27.8 Å². The first-order valence-corrected chi connectivity index (χ1v) is 8.54. The molecule has 1 heterocycles. The second-order valence-corrected chi connectivity index (χ2v) is 6.36. The third-order valence-corrected chi connectivity index (χ3v) is 4.44. The van der Waals surface area contributed by atoms with Gasteiger partial charge >= 0.3 is 0 Å². The van der Waals surface area contributed by atoms with E-state index < -0.39 is 24.4 Å². The number of hydrogen-bond acceptors (Lipinski definition) is 5. The van der Waals surface area contributed by atoms with Gasteiger partial charge in [-0.2, -0.15) is 4.98 Å². The van der Waals surface area contributed by atoms with Gasteiger partial charge in [-0.1, -0.05) is 11.2 Å². The number of carbonyl (C=O) groups excluding carboxylic acids is 1. The molecular weight excluding hydrogens is 368 g/mol. The third kappa shape index (κ3) is 3.54. The summed E-state index contributed by atoms with van der Waals surface area (Å²) in [5.41, 5.74) is 2.68. The predicted octanol–water partition coefficient (Wildman–Crippen LogP) is 2.91. The zero-order valence-corrected chi connectivity index (χ0v) is 14.5. The maximum Gasteiger partial charge on any atom is 0.251 e. The maximum atomic E-state index is 13.4. The molecule has 28 heavy (non-hydrogen) atoms. The Morgan fingerprint density at radius 1 is 1.18 bits per heavy atom. The van der Waals surface area contributed by atoms with E-state index in [9.17, 15) is 18.7 Å². The first kappa shape index (κ1) is 18.0. The lowest BCUT2D eigenvalue weighted by Crippen LogP contribution is -2.31. The Kier molecular flexibility index (Phi) is 4.70. The van der Waals surface area contributed by atoms with Gasteiger partial charge < -0.3 is 14.9 Å². The molecule has 0 spiro atoms. The van der Waals surface area contributed by atoms with Crippen molar-refractivity contribution >= 4 is 17.6 Å². The van der Waals surface area contributed by atoms with Crippen LogP contribution in [0.1, 0.15) is 39.2 Å². The summed E-state index contributed by atoms with van der Waals surface area (Å²) in [4.78, 5) is 16.5. The summed E-state index contributed by atoms with van der Waals surface area (Å²) in [6.45, 7) is -0.459. The lowest BCUT2D eigenvalue weighted by Gasteiger charge is -2.12. The van der Waals surface area contributed by atoms with E-state index in [1.165, 1.54) is 36.4 Å². The largest absolute Gasteiger partial charge is 0.394 e. The lowest BCUT2D eigenvalue weighted by molar-refractivity contribution is 0.0901. The first-order valence-electron chi connectivity index (χ1n) is 8.54. The van der Waals surface area contributed by atoms with E-state index in [2.05, 4.69) is 15.5 Å². The Balaban J connectivity index is 1.50. The van der Waals surface area contributed by atoms with Gasteiger partial charge in [0.2, 0.25) is 0 Å². The molecule has 3 aromatic rings. The van der Waals surface area contributed by atoms with Gasteiger partial charge in [0.15, 0.2) is 5.82 Å². The van der Waals surface area contributed by atoms with Gasteiger partial charge in [-0.3, -0.25) is 4.79 Å². The second kappa shape index (κ2) is 7.32. The zero-order valence-electron chi connectivity index (χ0n) is 14.5. The Bertz CT molecular complexity index is 1060. The minimum atomic E-state index is -0.916. The number of amides is 1. The van der Waals surface area contributed by atoms with E-state index in [0.717, 1.165) is 16.7 Å². The van der Waals surface area contributed by atoms with E-state index in [1.54, 1.807) is 12.1 Å². The molecule has 2 aromatic carbocycles. The summed E-state index contributed by atoms with van der Waals surface area (Å²) in [6, 6.07) is 8.61. The van der Waals surface area contributed by atoms with Crippen LogP contribution in [0.4, 0.5) is 8.78 Å². The van der Waals surface area contributed by atoms with Crippen molar-refractivity contribution in [3.05, 3.63) is 82.5 Å². The number of aliphatic hydroxyl groups is 1. The summed E-state index contributed by atoms with van der Waals surface area (Å²) < 4.78 is 31.5. The number of fused-ring (bicyclic) bond motifs is 1. The number of aromatic nitrogens is 2. The summed E-state index contributed by atoms with van der Waals surface area (Å²) in [5, 5.41) is 16.1. The van der Waals surface area contributed by atoms with Crippen molar-refractivity contribution in [2.75, 3.05) is 6.61 Å². The Morgan fingerprint density at radius 3 is 2.68 bits per heavy atom. The van der Waals surface area contributed by atoms with Crippen LogP contribution in [0.5, 0.6) is 0 Å². The first-order chi connectivity index (χ1) is 13.5. The molecule has 1 aromatic heterocycles. The number of carbonyl (C=O) groups is 1. The van der Waals surface area contributed by atoms with Gasteiger partial charge in [0.25, 0.3) is 11.8 Å². The smallest absolute Gasteiger partial charge is 0.251 e. The highest BCUT2D eigenvalue weighted by atomic mass is 19.1. The molecule has 0 bridgehead atoms. The molecule has 1 atom stereocenters. The topological polar surface area (TPSA) is 88.2 Å². The summed E-state index contributed by atoms with van der Waals surface area (Å²) in [6.07, 6.45) is 2.30. The van der Waals surface area contributed by atoms with Crippen LogP contribution in [0.2, 0.25) is 0 Å². The van der Waals surface area contributed by atoms with E-state index in [-0.39, 0.29) is 17.3 Å².